The maximum absolute atomic E-state index is 13.0. The van der Waals surface area contributed by atoms with Crippen molar-refractivity contribution >= 4 is 64.6 Å². The lowest BCUT2D eigenvalue weighted by atomic mass is 9.83. The molecule has 81 heavy (non-hydrogen) atoms. The third-order valence-electron chi connectivity index (χ3n) is 15.6. The molecule has 8 heterocycles. The number of aliphatic hydroxyl groups is 1. The van der Waals surface area contributed by atoms with Gasteiger partial charge in [0.1, 0.15) is 62.0 Å². The second-order valence-electron chi connectivity index (χ2n) is 20.8. The highest BCUT2D eigenvalue weighted by Crippen LogP contribution is 2.46. The fraction of sp³-hybridized carbons (Fsp3) is 0.500. The van der Waals surface area contributed by atoms with E-state index in [2.05, 4.69) is 0 Å². The Morgan fingerprint density at radius 2 is 0.889 bits per heavy atom. The maximum atomic E-state index is 13.0. The summed E-state index contributed by atoms with van der Waals surface area (Å²) in [5.41, 5.74) is 1.66. The van der Waals surface area contributed by atoms with Crippen molar-refractivity contribution in [2.24, 2.45) is 23.7 Å². The quantitative estimate of drug-likeness (QED) is 0.0333. The van der Waals surface area contributed by atoms with Crippen molar-refractivity contribution in [2.75, 3.05) is 26.4 Å². The minimum Gasteiger partial charge on any atom is -0.459 e. The second-order valence-corrected chi connectivity index (χ2v) is 23.1. The highest BCUT2D eigenvalue weighted by Gasteiger charge is 2.64. The number of carbonyl (C=O) groups is 4. The first-order valence-corrected chi connectivity index (χ1v) is 27.8. The fourth-order valence-electron chi connectivity index (χ4n) is 10.3. The number of hydrogen-bond acceptors (Lipinski definition) is 20. The number of epoxide rings is 2. The van der Waals surface area contributed by atoms with Crippen molar-refractivity contribution in [3.05, 3.63) is 144 Å². The molecule has 434 valence electrons. The Bertz CT molecular complexity index is 2800. The molecule has 0 aliphatic carbocycles. The van der Waals surface area contributed by atoms with E-state index in [0.29, 0.717) is 35.5 Å². The zero-order valence-corrected chi connectivity index (χ0v) is 46.6. The van der Waals surface area contributed by atoms with Gasteiger partial charge in [0.2, 0.25) is 12.2 Å². The van der Waals surface area contributed by atoms with E-state index in [0.717, 1.165) is 0 Å². The monoisotopic (exact) mass is 1180 g/mol. The van der Waals surface area contributed by atoms with Crippen molar-refractivity contribution < 1.29 is 90.6 Å². The predicted octanol–water partition coefficient (Wildman–Crippen LogP) is 7.27. The number of ether oxygens (including phenoxy) is 14. The topological polar surface area (TPSA) is 248 Å². The summed E-state index contributed by atoms with van der Waals surface area (Å²) in [5, 5.41) is 17.3. The lowest BCUT2D eigenvalue weighted by Gasteiger charge is -2.44. The van der Waals surface area contributed by atoms with Crippen LogP contribution in [0, 0.1) is 29.1 Å². The number of carbonyl (C=O) groups excluding carboxylic acids is 4. The Morgan fingerprint density at radius 3 is 1.36 bits per heavy atom. The van der Waals surface area contributed by atoms with Crippen molar-refractivity contribution in [1.82, 2.24) is 0 Å². The lowest BCUT2D eigenvalue weighted by Crippen LogP contribution is -2.56. The van der Waals surface area contributed by atoms with Crippen LogP contribution in [0.15, 0.2) is 121 Å². The van der Waals surface area contributed by atoms with Crippen molar-refractivity contribution in [1.29, 1.82) is 5.41 Å². The van der Waals surface area contributed by atoms with Crippen LogP contribution in [0.5, 0.6) is 0 Å². The molecule has 12 rings (SSSR count). The molecule has 9 unspecified atom stereocenters. The summed E-state index contributed by atoms with van der Waals surface area (Å²) in [6.07, 6.45) is -7.11. The van der Waals surface area contributed by atoms with Gasteiger partial charge in [0, 0.05) is 11.8 Å². The highest BCUT2D eigenvalue weighted by molar-refractivity contribution is 6.76. The van der Waals surface area contributed by atoms with E-state index in [-0.39, 0.29) is 86.1 Å². The average Bonchev–Trinajstić information content (AvgIpc) is 4.58. The van der Waals surface area contributed by atoms with E-state index in [1.807, 2.05) is 39.8 Å². The number of alkyl halides is 3. The Hall–Kier alpha value is -5.30. The molecule has 0 spiro atoms. The van der Waals surface area contributed by atoms with Crippen LogP contribution in [0.2, 0.25) is 0 Å². The molecule has 8 saturated heterocycles. The van der Waals surface area contributed by atoms with Gasteiger partial charge in [0.25, 0.3) is 3.79 Å². The van der Waals surface area contributed by atoms with Crippen molar-refractivity contribution in [3.8, 4) is 0 Å². The van der Waals surface area contributed by atoms with Crippen molar-refractivity contribution in [2.45, 2.75) is 130 Å². The van der Waals surface area contributed by atoms with E-state index >= 15 is 0 Å². The van der Waals surface area contributed by atoms with Crippen LogP contribution in [0.4, 0.5) is 0 Å². The van der Waals surface area contributed by atoms with E-state index in [1.54, 1.807) is 109 Å². The molecule has 4 aromatic carbocycles. The van der Waals surface area contributed by atoms with Gasteiger partial charge in [0.05, 0.1) is 47.7 Å². The van der Waals surface area contributed by atoms with Crippen LogP contribution in [0.25, 0.3) is 0 Å². The van der Waals surface area contributed by atoms with Gasteiger partial charge in [-0.05, 0) is 60.4 Å². The van der Waals surface area contributed by atoms with Gasteiger partial charge in [-0.2, -0.15) is 0 Å². The maximum Gasteiger partial charge on any atom is 0.338 e. The van der Waals surface area contributed by atoms with Gasteiger partial charge in [-0.25, -0.2) is 19.2 Å². The number of aliphatic hydroxyl groups excluding tert-OH is 1. The van der Waals surface area contributed by atoms with Crippen LogP contribution < -0.4 is 0 Å². The largest absolute Gasteiger partial charge is 0.459 e. The molecule has 0 amide bonds. The molecule has 0 saturated carbocycles. The molecular formula is C58H62Cl3NO19. The molecule has 2 N–H and O–H groups in total. The Labute approximate surface area is 482 Å². The summed E-state index contributed by atoms with van der Waals surface area (Å²) in [4.78, 5) is 50.6. The molecule has 20 atom stereocenters. The average molecular weight is 1180 g/mol. The second kappa shape index (κ2) is 25.7. The van der Waals surface area contributed by atoms with Gasteiger partial charge < -0.3 is 71.4 Å². The van der Waals surface area contributed by atoms with Gasteiger partial charge in [-0.3, -0.25) is 5.41 Å². The first-order chi connectivity index (χ1) is 38.9. The van der Waals surface area contributed by atoms with Crippen LogP contribution in [0.3, 0.4) is 0 Å². The first-order valence-electron chi connectivity index (χ1n) is 26.7. The van der Waals surface area contributed by atoms with Crippen LogP contribution in [-0.2, 0) is 66.3 Å². The van der Waals surface area contributed by atoms with Crippen molar-refractivity contribution in [3.63, 3.8) is 0 Å². The molecule has 4 bridgehead atoms. The molecule has 0 aromatic heterocycles. The van der Waals surface area contributed by atoms with Crippen LogP contribution in [0.1, 0.15) is 69.1 Å². The molecule has 8 fully saturated rings. The summed E-state index contributed by atoms with van der Waals surface area (Å²) in [7, 11) is 0. The SMILES string of the molecule is CC1[C@H](C)C(COC(=O)c2ccccc2)OC(OC(=N)C(Cl)(Cl)Cl)[C@H]1OC(=O)c1ccccc1.CC1[C@H](C)C(COC(=O)c2ccccc2)O[C@@H](O[C@@H]2C3CO[C@H](O3)C3O[C@@H]32)[C@H]1OC(=O)c1ccccc1.O[C@@H]1C2CO[C@H](O2)C2O[C@@H]21. The smallest absolute Gasteiger partial charge is 0.338 e. The number of esters is 4. The van der Waals surface area contributed by atoms with Gasteiger partial charge in [-0.15, -0.1) is 0 Å². The number of fused-ring (bicyclic) bond motifs is 8. The number of hydrogen-bond donors (Lipinski definition) is 2. The molecule has 0 radical (unpaired) electrons. The van der Waals surface area contributed by atoms with Gasteiger partial charge in [0.15, 0.2) is 31.1 Å². The zero-order valence-electron chi connectivity index (χ0n) is 44.4. The molecular weight excluding hydrogens is 1120 g/mol. The third kappa shape index (κ3) is 13.9. The summed E-state index contributed by atoms with van der Waals surface area (Å²) >= 11 is 17.3. The van der Waals surface area contributed by atoms with Crippen LogP contribution in [-0.4, -0.2) is 164 Å². The molecule has 20 nitrogen and oxygen atoms in total. The third-order valence-corrected chi connectivity index (χ3v) is 16.1. The zero-order chi connectivity index (χ0) is 57.1. The molecule has 8 aliphatic heterocycles. The standard InChI is InChI=1S/C28H30O9.C24H24Cl3NO6.C6H8O4/c1-15-16(2)21(36-26(30)18-11-7-4-8-12-18)28(37-22-20-14-32-27(34-20)24-23(22)35-24)33-19(15)13-31-25(29)17-9-5-3-6-10-17;1-14-15(2)19(33-21(30)17-11-7-4-8-12-17)22(34-23(28)24(25,26)27)32-18(14)13-31-20(29)16-9-5-3-6-10-16;7-3-2-1-8-6(9-2)5-4(3)10-5/h3-12,15-16,19-24,27-28H,13-14H2,1-2H3;3-12,14-15,18-19,22,28H,13H2,1-2H3;2-7H,1H2/t15-,16?,19?,20?,21-,22+,23+,24?,27+,28-;14-,15?,18?,19-,22?;2?,3-,4-,5?,6-/m001/s1. The Balaban J connectivity index is 0.000000155. The predicted molar refractivity (Wildman–Crippen MR) is 285 cm³/mol. The van der Waals surface area contributed by atoms with E-state index in [9.17, 15) is 24.3 Å². The molecule has 8 aliphatic rings. The van der Waals surface area contributed by atoms with E-state index in [4.69, 9.17) is 107 Å². The Morgan fingerprint density at radius 1 is 0.494 bits per heavy atom. The van der Waals surface area contributed by atoms with Gasteiger partial charge >= 0.3 is 23.9 Å². The summed E-state index contributed by atoms with van der Waals surface area (Å²) < 4.78 is 77.7. The van der Waals surface area contributed by atoms with Crippen LogP contribution >= 0.6 is 34.8 Å². The highest BCUT2D eigenvalue weighted by atomic mass is 35.6. The number of rotatable bonds is 13. The molecule has 23 heteroatoms. The summed E-state index contributed by atoms with van der Waals surface area (Å²) in [5.74, 6) is -3.43. The van der Waals surface area contributed by atoms with Gasteiger partial charge in [-0.1, -0.05) is 135 Å². The minimum atomic E-state index is -2.14. The summed E-state index contributed by atoms with van der Waals surface area (Å²) in [6.45, 7) is 8.57. The Kier molecular flexibility index (Phi) is 18.7. The number of halogens is 3. The number of benzene rings is 4. The minimum absolute atomic E-state index is 0.00810. The normalized spacial score (nSPS) is 35.6. The fourth-order valence-corrected chi connectivity index (χ4v) is 10.5. The first kappa shape index (κ1) is 58.9. The lowest BCUT2D eigenvalue weighted by molar-refractivity contribution is -0.298. The summed E-state index contributed by atoms with van der Waals surface area (Å²) in [6, 6.07) is 34.6. The van der Waals surface area contributed by atoms with E-state index < -0.39 is 82.8 Å². The molecule has 4 aromatic rings. The van der Waals surface area contributed by atoms with E-state index in [1.165, 1.54) is 0 Å². The number of nitrogens with one attached hydrogen (secondary N) is 1.